The minimum absolute atomic E-state index is 0.0141. The highest BCUT2D eigenvalue weighted by molar-refractivity contribution is 5.75. The van der Waals surface area contributed by atoms with Crippen LogP contribution in [0.2, 0.25) is 0 Å². The van der Waals surface area contributed by atoms with Crippen LogP contribution in [-0.4, -0.2) is 61.0 Å². The van der Waals surface area contributed by atoms with Gasteiger partial charge in [-0.05, 0) is 79.7 Å². The van der Waals surface area contributed by atoms with Gasteiger partial charge in [0.1, 0.15) is 17.7 Å². The normalized spacial score (nSPS) is 34.8. The highest BCUT2D eigenvalue weighted by atomic mass is 16.6. The summed E-state index contributed by atoms with van der Waals surface area (Å²) in [7, 11) is 3.62. The first kappa shape index (κ1) is 28.8. The number of piperidine rings is 1. The molecule has 0 radical (unpaired) electrons. The molecule has 0 aromatic heterocycles. The number of carbonyl (C=O) groups is 1. The van der Waals surface area contributed by atoms with Gasteiger partial charge < -0.3 is 19.3 Å². The molecular weight excluding hydrogens is 576 g/mol. The molecule has 7 aliphatic rings. The van der Waals surface area contributed by atoms with Crippen LogP contribution in [0.4, 0.5) is 0 Å². The van der Waals surface area contributed by atoms with Gasteiger partial charge in [-0.2, -0.15) is 0 Å². The van der Waals surface area contributed by atoms with Crippen LogP contribution in [0.1, 0.15) is 78.8 Å². The number of nitrogens with one attached hydrogen (secondary N) is 1. The van der Waals surface area contributed by atoms with Gasteiger partial charge in [-0.25, -0.2) is 0 Å². The molecule has 2 N–H and O–H groups in total. The van der Waals surface area contributed by atoms with Crippen LogP contribution in [-0.2, 0) is 14.9 Å². The number of methoxy groups -OCH3 is 2. The zero-order valence-electron chi connectivity index (χ0n) is 26.7. The molecule has 2 unspecified atom stereocenters. The van der Waals surface area contributed by atoms with E-state index in [1.807, 2.05) is 43.5 Å². The van der Waals surface area contributed by atoms with E-state index in [9.17, 15) is 9.90 Å². The Morgan fingerprint density at radius 2 is 1.74 bits per heavy atom. The van der Waals surface area contributed by atoms with E-state index in [0.717, 1.165) is 60.8 Å². The van der Waals surface area contributed by atoms with Gasteiger partial charge in [-0.15, -0.1) is 0 Å². The first-order valence-electron chi connectivity index (χ1n) is 17.3. The fraction of sp³-hybridized carbons (Fsp3) is 0.513. The minimum atomic E-state index is -0.876. The summed E-state index contributed by atoms with van der Waals surface area (Å²) in [6.07, 6.45) is 6.38. The third kappa shape index (κ3) is 3.91. The lowest BCUT2D eigenvalue weighted by molar-refractivity contribution is -0.228. The predicted octanol–water partition coefficient (Wildman–Crippen LogP) is 6.25. The highest BCUT2D eigenvalue weighted by Gasteiger charge is 2.75. The van der Waals surface area contributed by atoms with Crippen molar-refractivity contribution in [3.05, 3.63) is 95.1 Å². The molecule has 3 saturated carbocycles. The number of ether oxygens (including phenoxy) is 3. The van der Waals surface area contributed by atoms with Gasteiger partial charge in [0.05, 0.1) is 7.11 Å². The van der Waals surface area contributed by atoms with E-state index in [0.29, 0.717) is 17.9 Å². The number of fused-ring (bicyclic) bond motifs is 1. The van der Waals surface area contributed by atoms with Crippen molar-refractivity contribution in [1.29, 1.82) is 0 Å². The lowest BCUT2D eigenvalue weighted by Gasteiger charge is -2.68. The second kappa shape index (κ2) is 10.6. The summed E-state index contributed by atoms with van der Waals surface area (Å²) in [4.78, 5) is 15.8. The summed E-state index contributed by atoms with van der Waals surface area (Å²) in [5.41, 5.74) is 3.94. The molecule has 4 fully saturated rings. The van der Waals surface area contributed by atoms with E-state index in [4.69, 9.17) is 14.2 Å². The number of hydrogen-bond donors (Lipinski definition) is 2. The van der Waals surface area contributed by atoms with E-state index in [1.165, 1.54) is 30.5 Å². The average Bonchev–Trinajstić information content (AvgIpc) is 3.83. The molecule has 9 atom stereocenters. The second-order valence-electron chi connectivity index (χ2n) is 14.8. The maximum absolute atomic E-state index is 13.0. The Morgan fingerprint density at radius 1 is 1.00 bits per heavy atom. The molecule has 2 aliphatic heterocycles. The molecule has 3 aromatic rings. The molecule has 46 heavy (non-hydrogen) atoms. The zero-order chi connectivity index (χ0) is 31.2. The molecule has 0 amide bonds. The van der Waals surface area contributed by atoms with Crippen molar-refractivity contribution >= 4 is 5.97 Å². The third-order valence-electron chi connectivity index (χ3n) is 12.9. The van der Waals surface area contributed by atoms with Crippen molar-refractivity contribution in [2.24, 2.45) is 17.8 Å². The lowest BCUT2D eigenvalue weighted by Crippen LogP contribution is -2.76. The van der Waals surface area contributed by atoms with Crippen LogP contribution < -0.4 is 14.8 Å². The van der Waals surface area contributed by atoms with Gasteiger partial charge in [-0.3, -0.25) is 15.0 Å². The number of likely N-dealkylation sites (tertiary alicyclic amines) is 1. The van der Waals surface area contributed by atoms with Gasteiger partial charge in [-0.1, -0.05) is 66.7 Å². The van der Waals surface area contributed by atoms with E-state index in [-0.39, 0.29) is 23.5 Å². The number of benzene rings is 3. The van der Waals surface area contributed by atoms with Gasteiger partial charge in [0.15, 0.2) is 11.5 Å². The second-order valence-corrected chi connectivity index (χ2v) is 14.8. The van der Waals surface area contributed by atoms with Gasteiger partial charge >= 0.3 is 5.97 Å². The Bertz CT molecular complexity index is 1640. The smallest absolute Gasteiger partial charge is 0.325 e. The first-order valence-corrected chi connectivity index (χ1v) is 17.3. The van der Waals surface area contributed by atoms with Crippen LogP contribution in [0.3, 0.4) is 0 Å². The maximum atomic E-state index is 13.0. The lowest BCUT2D eigenvalue weighted by atomic mass is 9.42. The standard InChI is InChI=1S/C39H44N2O5/c1-44-30-16-15-26-27-17-18-39(45-2)28(32(24-9-5-3-6-10-24)40-33(36(42)43)25-11-7-4-8-12-25)21-29-34(27)41(22-23-13-14-23)20-19-38(29)31(26)35(30)46-37(38)39/h3-12,15-16,23,27-29,32-34,37,40H,13-14,17-22H2,1-2H3,(H,42,43)/t27?,28-,29-,32-,33?,34-,37-,38+,39-/m1/s1. The quantitative estimate of drug-likeness (QED) is 0.278. The first-order chi connectivity index (χ1) is 22.5. The number of carboxylic acids is 1. The van der Waals surface area contributed by atoms with Crippen LogP contribution in [0.15, 0.2) is 72.8 Å². The molecule has 1 spiro atoms. The van der Waals surface area contributed by atoms with Crippen LogP contribution in [0, 0.1) is 17.8 Å². The van der Waals surface area contributed by atoms with Crippen molar-refractivity contribution in [2.75, 3.05) is 27.3 Å². The van der Waals surface area contributed by atoms with Gasteiger partial charge in [0.2, 0.25) is 0 Å². The summed E-state index contributed by atoms with van der Waals surface area (Å²) in [5.74, 6) is 2.45. The molecule has 7 nitrogen and oxygen atoms in total. The third-order valence-corrected chi connectivity index (χ3v) is 12.9. The Balaban J connectivity index is 1.23. The summed E-state index contributed by atoms with van der Waals surface area (Å²) in [6, 6.07) is 23.8. The number of rotatable bonds is 10. The molecule has 7 heteroatoms. The summed E-state index contributed by atoms with van der Waals surface area (Å²) < 4.78 is 20.2. The topological polar surface area (TPSA) is 80.3 Å². The van der Waals surface area contributed by atoms with Crippen LogP contribution >= 0.6 is 0 Å². The number of carboxylic acid groups (broad SMARTS) is 1. The van der Waals surface area contributed by atoms with Gasteiger partial charge in [0.25, 0.3) is 0 Å². The molecule has 7 bridgehead atoms. The molecule has 2 heterocycles. The van der Waals surface area contributed by atoms with Crippen molar-refractivity contribution in [3.63, 3.8) is 0 Å². The monoisotopic (exact) mass is 620 g/mol. The molecule has 240 valence electrons. The molecule has 1 saturated heterocycles. The van der Waals surface area contributed by atoms with Gasteiger partial charge in [0, 0.05) is 48.6 Å². The maximum Gasteiger partial charge on any atom is 0.325 e. The number of nitrogens with zero attached hydrogens (tertiary/aromatic N) is 1. The van der Waals surface area contributed by atoms with E-state index in [2.05, 4.69) is 46.6 Å². The molecule has 10 rings (SSSR count). The van der Waals surface area contributed by atoms with Crippen molar-refractivity contribution in [2.45, 2.75) is 79.7 Å². The SMILES string of the molecule is COc1ccc2c3c1O[C@H]1[C@@]4(OC)CCC2[C@@H]2[C@@H](C[C@@H]4[C@H](NC(C(=O)O)c4ccccc4)c4ccccc4)[C@@]31CCN2CC1CC1. The largest absolute Gasteiger partial charge is 0.493 e. The fourth-order valence-corrected chi connectivity index (χ4v) is 11.0. The fourth-order valence-electron chi connectivity index (χ4n) is 11.0. The van der Waals surface area contributed by atoms with E-state index >= 15 is 0 Å². The minimum Gasteiger partial charge on any atom is -0.493 e. The van der Waals surface area contributed by atoms with E-state index in [1.54, 1.807) is 7.11 Å². The Hall–Kier alpha value is -3.39. The Labute approximate surface area is 271 Å². The average molecular weight is 621 g/mol. The van der Waals surface area contributed by atoms with Crippen molar-refractivity contribution < 1.29 is 24.1 Å². The molecule has 3 aromatic carbocycles. The van der Waals surface area contributed by atoms with Crippen LogP contribution in [0.25, 0.3) is 0 Å². The number of aliphatic carboxylic acids is 1. The highest BCUT2D eigenvalue weighted by Crippen LogP contribution is 2.72. The van der Waals surface area contributed by atoms with E-state index < -0.39 is 17.6 Å². The zero-order valence-corrected chi connectivity index (χ0v) is 26.7. The summed E-state index contributed by atoms with van der Waals surface area (Å²) in [5, 5.41) is 14.3. The Kier molecular flexibility index (Phi) is 6.61. The predicted molar refractivity (Wildman–Crippen MR) is 174 cm³/mol. The van der Waals surface area contributed by atoms with Crippen molar-refractivity contribution in [3.8, 4) is 11.5 Å². The molecule has 5 aliphatic carbocycles. The Morgan fingerprint density at radius 3 is 2.41 bits per heavy atom. The molecular formula is C39H44N2O5. The summed E-state index contributed by atoms with van der Waals surface area (Å²) in [6.45, 7) is 2.27. The number of hydrogen-bond acceptors (Lipinski definition) is 6. The van der Waals surface area contributed by atoms with Crippen LogP contribution in [0.5, 0.6) is 11.5 Å². The van der Waals surface area contributed by atoms with Crippen molar-refractivity contribution in [1.82, 2.24) is 10.2 Å². The summed E-state index contributed by atoms with van der Waals surface area (Å²) >= 11 is 0.